The SMILES string of the molecule is CCN1CCC(NCc2ccc(-c3ccc(C(F)(F)F)cc3)s2)CC1. The first-order valence-corrected chi connectivity index (χ1v) is 9.49. The zero-order valence-electron chi connectivity index (χ0n) is 14.3. The van der Waals surface area contributed by atoms with Gasteiger partial charge in [-0.15, -0.1) is 11.3 Å². The number of thiophene rings is 1. The standard InChI is InChI=1S/C19H23F3N2S/c1-2-24-11-9-16(10-12-24)23-13-17-7-8-18(25-17)14-3-5-15(6-4-14)19(20,21)22/h3-8,16,23H,2,9-13H2,1H3. The van der Waals surface area contributed by atoms with Gasteiger partial charge in [0, 0.05) is 22.3 Å². The number of alkyl halides is 3. The van der Waals surface area contributed by atoms with Crippen molar-refractivity contribution in [2.75, 3.05) is 19.6 Å². The highest BCUT2D eigenvalue weighted by Gasteiger charge is 2.30. The van der Waals surface area contributed by atoms with Crippen LogP contribution in [0, 0.1) is 0 Å². The Labute approximate surface area is 150 Å². The van der Waals surface area contributed by atoms with Crippen molar-refractivity contribution in [3.8, 4) is 10.4 Å². The molecule has 1 aliphatic heterocycles. The van der Waals surface area contributed by atoms with E-state index in [0.29, 0.717) is 6.04 Å². The smallest absolute Gasteiger partial charge is 0.309 e. The van der Waals surface area contributed by atoms with Crippen LogP contribution in [0.25, 0.3) is 10.4 Å². The Morgan fingerprint density at radius 2 is 1.76 bits per heavy atom. The van der Waals surface area contributed by atoms with E-state index >= 15 is 0 Å². The Balaban J connectivity index is 1.56. The molecule has 1 aliphatic rings. The monoisotopic (exact) mass is 368 g/mol. The second kappa shape index (κ2) is 7.89. The van der Waals surface area contributed by atoms with Gasteiger partial charge in [-0.2, -0.15) is 13.2 Å². The lowest BCUT2D eigenvalue weighted by molar-refractivity contribution is -0.137. The summed E-state index contributed by atoms with van der Waals surface area (Å²) in [5.41, 5.74) is 0.230. The zero-order valence-corrected chi connectivity index (χ0v) is 15.1. The van der Waals surface area contributed by atoms with E-state index in [1.54, 1.807) is 23.5 Å². The van der Waals surface area contributed by atoms with E-state index in [2.05, 4.69) is 23.2 Å². The summed E-state index contributed by atoms with van der Waals surface area (Å²) >= 11 is 1.64. The van der Waals surface area contributed by atoms with E-state index in [-0.39, 0.29) is 0 Å². The van der Waals surface area contributed by atoms with E-state index in [1.807, 2.05) is 6.07 Å². The van der Waals surface area contributed by atoms with Crippen LogP contribution in [0.2, 0.25) is 0 Å². The quantitative estimate of drug-likeness (QED) is 0.798. The third kappa shape index (κ3) is 4.84. The van der Waals surface area contributed by atoms with E-state index < -0.39 is 11.7 Å². The number of hydrogen-bond donors (Lipinski definition) is 1. The molecule has 1 saturated heterocycles. The van der Waals surface area contributed by atoms with Crippen molar-refractivity contribution < 1.29 is 13.2 Å². The molecule has 1 aromatic heterocycles. The fraction of sp³-hybridized carbons (Fsp3) is 0.474. The van der Waals surface area contributed by atoms with Gasteiger partial charge in [0.1, 0.15) is 0 Å². The molecule has 0 aliphatic carbocycles. The van der Waals surface area contributed by atoms with Crippen molar-refractivity contribution in [3.05, 3.63) is 46.8 Å². The number of likely N-dealkylation sites (tertiary alicyclic amines) is 1. The van der Waals surface area contributed by atoms with Crippen molar-refractivity contribution in [3.63, 3.8) is 0 Å². The van der Waals surface area contributed by atoms with Crippen LogP contribution >= 0.6 is 11.3 Å². The average Bonchev–Trinajstić information content (AvgIpc) is 3.09. The zero-order chi connectivity index (χ0) is 17.9. The Hall–Kier alpha value is -1.37. The molecule has 0 bridgehead atoms. The minimum Gasteiger partial charge on any atom is -0.309 e. The van der Waals surface area contributed by atoms with Gasteiger partial charge < -0.3 is 10.2 Å². The molecular weight excluding hydrogens is 345 g/mol. The Morgan fingerprint density at radius 3 is 2.36 bits per heavy atom. The van der Waals surface area contributed by atoms with Crippen LogP contribution < -0.4 is 5.32 Å². The van der Waals surface area contributed by atoms with Crippen LogP contribution in [0.1, 0.15) is 30.2 Å². The lowest BCUT2D eigenvalue weighted by Crippen LogP contribution is -2.41. The van der Waals surface area contributed by atoms with Crippen molar-refractivity contribution >= 4 is 11.3 Å². The lowest BCUT2D eigenvalue weighted by Gasteiger charge is -2.31. The van der Waals surface area contributed by atoms with Crippen LogP contribution in [-0.4, -0.2) is 30.6 Å². The molecule has 136 valence electrons. The third-order valence-electron chi connectivity index (χ3n) is 4.76. The maximum absolute atomic E-state index is 12.6. The normalized spacial score (nSPS) is 17.1. The summed E-state index contributed by atoms with van der Waals surface area (Å²) in [6, 6.07) is 10.00. The van der Waals surface area contributed by atoms with Crippen molar-refractivity contribution in [1.82, 2.24) is 10.2 Å². The van der Waals surface area contributed by atoms with Crippen LogP contribution in [-0.2, 0) is 12.7 Å². The molecule has 0 radical (unpaired) electrons. The number of nitrogens with one attached hydrogen (secondary N) is 1. The van der Waals surface area contributed by atoms with Gasteiger partial charge >= 0.3 is 6.18 Å². The molecule has 0 amide bonds. The third-order valence-corrected chi connectivity index (χ3v) is 5.89. The topological polar surface area (TPSA) is 15.3 Å². The highest BCUT2D eigenvalue weighted by Crippen LogP contribution is 2.33. The summed E-state index contributed by atoms with van der Waals surface area (Å²) in [6.07, 6.45) is -1.94. The fourth-order valence-corrected chi connectivity index (χ4v) is 4.11. The van der Waals surface area contributed by atoms with Gasteiger partial charge in [0.05, 0.1) is 5.56 Å². The molecular formula is C19H23F3N2S. The average molecular weight is 368 g/mol. The first kappa shape index (κ1) is 18.4. The van der Waals surface area contributed by atoms with Crippen LogP contribution in [0.15, 0.2) is 36.4 Å². The van der Waals surface area contributed by atoms with Gasteiger partial charge in [-0.25, -0.2) is 0 Å². The van der Waals surface area contributed by atoms with Crippen molar-refractivity contribution in [1.29, 1.82) is 0 Å². The molecule has 1 N–H and O–H groups in total. The highest BCUT2D eigenvalue weighted by molar-refractivity contribution is 7.15. The number of rotatable bonds is 5. The van der Waals surface area contributed by atoms with Gasteiger partial charge in [-0.1, -0.05) is 19.1 Å². The minimum absolute atomic E-state index is 0.555. The maximum Gasteiger partial charge on any atom is 0.416 e. The number of benzene rings is 1. The maximum atomic E-state index is 12.6. The molecule has 1 aromatic carbocycles. The summed E-state index contributed by atoms with van der Waals surface area (Å²) in [4.78, 5) is 4.69. The summed E-state index contributed by atoms with van der Waals surface area (Å²) in [6.45, 7) is 6.43. The van der Waals surface area contributed by atoms with Gasteiger partial charge in [-0.3, -0.25) is 0 Å². The summed E-state index contributed by atoms with van der Waals surface area (Å²) in [7, 11) is 0. The molecule has 0 saturated carbocycles. The second-order valence-corrected chi connectivity index (χ2v) is 7.60. The Bertz CT molecular complexity index is 671. The van der Waals surface area contributed by atoms with E-state index in [0.717, 1.165) is 48.8 Å². The molecule has 2 nitrogen and oxygen atoms in total. The fourth-order valence-electron chi connectivity index (χ4n) is 3.15. The lowest BCUT2D eigenvalue weighted by atomic mass is 10.1. The Kier molecular flexibility index (Phi) is 5.81. The molecule has 2 heterocycles. The molecule has 0 atom stereocenters. The summed E-state index contributed by atoms with van der Waals surface area (Å²) in [5, 5.41) is 3.61. The van der Waals surface area contributed by atoms with Gasteiger partial charge in [0.25, 0.3) is 0 Å². The molecule has 0 spiro atoms. The largest absolute Gasteiger partial charge is 0.416 e. The molecule has 6 heteroatoms. The molecule has 25 heavy (non-hydrogen) atoms. The highest BCUT2D eigenvalue weighted by atomic mass is 32.1. The predicted molar refractivity (Wildman–Crippen MR) is 96.7 cm³/mol. The number of hydrogen-bond acceptors (Lipinski definition) is 3. The molecule has 2 aromatic rings. The van der Waals surface area contributed by atoms with E-state index in [1.165, 1.54) is 17.7 Å². The number of piperidine rings is 1. The van der Waals surface area contributed by atoms with E-state index in [4.69, 9.17) is 0 Å². The van der Waals surface area contributed by atoms with Crippen LogP contribution in [0.5, 0.6) is 0 Å². The van der Waals surface area contributed by atoms with Gasteiger partial charge in [-0.05, 0) is 62.3 Å². The van der Waals surface area contributed by atoms with E-state index in [9.17, 15) is 13.2 Å². The van der Waals surface area contributed by atoms with Crippen molar-refractivity contribution in [2.45, 2.75) is 38.5 Å². The second-order valence-electron chi connectivity index (χ2n) is 6.43. The number of halogens is 3. The number of nitrogens with zero attached hydrogens (tertiary/aromatic N) is 1. The van der Waals surface area contributed by atoms with Gasteiger partial charge in [0.15, 0.2) is 0 Å². The summed E-state index contributed by atoms with van der Waals surface area (Å²) in [5.74, 6) is 0. The molecule has 3 rings (SSSR count). The summed E-state index contributed by atoms with van der Waals surface area (Å²) < 4.78 is 37.9. The van der Waals surface area contributed by atoms with Crippen molar-refractivity contribution in [2.24, 2.45) is 0 Å². The van der Waals surface area contributed by atoms with Gasteiger partial charge in [0.2, 0.25) is 0 Å². The first-order valence-electron chi connectivity index (χ1n) is 8.68. The minimum atomic E-state index is -4.28. The predicted octanol–water partition coefficient (Wildman–Crippen LogP) is 5.01. The molecule has 0 unspecified atom stereocenters. The van der Waals surface area contributed by atoms with Crippen LogP contribution in [0.3, 0.4) is 0 Å². The molecule has 1 fully saturated rings. The first-order chi connectivity index (χ1) is 12.0. The van der Waals surface area contributed by atoms with Crippen LogP contribution in [0.4, 0.5) is 13.2 Å². The Morgan fingerprint density at radius 1 is 1.08 bits per heavy atom.